The second kappa shape index (κ2) is 7.14. The van der Waals surface area contributed by atoms with Crippen LogP contribution in [0.5, 0.6) is 0 Å². The normalized spacial score (nSPS) is 13.3. The Kier molecular flexibility index (Phi) is 4.87. The maximum atomic E-state index is 12.2. The van der Waals surface area contributed by atoms with Crippen molar-refractivity contribution < 1.29 is 33.2 Å². The minimum atomic E-state index is -1.05. The summed E-state index contributed by atoms with van der Waals surface area (Å²) in [4.78, 5) is 56.9. The van der Waals surface area contributed by atoms with Crippen LogP contribution < -0.4 is 5.32 Å². The number of hydrogen-bond donors (Lipinski definition) is 1. The first-order valence-electron chi connectivity index (χ1n) is 8.27. The Morgan fingerprint density at radius 1 is 1.14 bits per heavy atom. The molecule has 1 aliphatic rings. The maximum absolute atomic E-state index is 12.2. The lowest BCUT2D eigenvalue weighted by Crippen LogP contribution is -2.33. The van der Waals surface area contributed by atoms with E-state index < -0.39 is 29.5 Å². The van der Waals surface area contributed by atoms with Gasteiger partial charge in [-0.3, -0.25) is 9.59 Å². The lowest BCUT2D eigenvalue weighted by atomic mass is 10.1. The summed E-state index contributed by atoms with van der Waals surface area (Å²) in [5.74, 6) is -2.53. The van der Waals surface area contributed by atoms with Crippen LogP contribution >= 0.6 is 0 Å². The molecule has 1 aromatic carbocycles. The van der Waals surface area contributed by atoms with E-state index in [-0.39, 0.29) is 29.3 Å². The highest BCUT2D eigenvalue weighted by Crippen LogP contribution is 2.23. The van der Waals surface area contributed by atoms with Crippen LogP contribution in [0.4, 0.5) is 4.79 Å². The molecule has 0 atom stereocenters. The van der Waals surface area contributed by atoms with Crippen molar-refractivity contribution in [3.05, 3.63) is 53.2 Å². The summed E-state index contributed by atoms with van der Waals surface area (Å²) in [6, 6.07) is 6.10. The van der Waals surface area contributed by atoms with Crippen LogP contribution in [0.3, 0.4) is 0 Å². The molecule has 0 saturated heterocycles. The van der Waals surface area contributed by atoms with E-state index >= 15 is 0 Å². The molecule has 1 aliphatic heterocycles. The summed E-state index contributed by atoms with van der Waals surface area (Å²) in [6.45, 7) is 5.01. The highest BCUT2D eigenvalue weighted by molar-refractivity contribution is 6.21. The second-order valence-corrected chi connectivity index (χ2v) is 6.81. The molecule has 2 aromatic rings. The molecule has 0 fully saturated rings. The third-order valence-corrected chi connectivity index (χ3v) is 3.47. The van der Waals surface area contributed by atoms with Gasteiger partial charge in [0.25, 0.3) is 11.8 Å². The molecule has 0 aliphatic carbocycles. The van der Waals surface area contributed by atoms with E-state index in [1.165, 1.54) is 12.1 Å². The number of nitrogens with one attached hydrogen (secondary N) is 1. The molecular formula is C18H17N3O7. The van der Waals surface area contributed by atoms with Gasteiger partial charge in [0.15, 0.2) is 5.69 Å². The molecule has 10 heteroatoms. The van der Waals surface area contributed by atoms with Crippen molar-refractivity contribution in [2.45, 2.75) is 32.9 Å². The Morgan fingerprint density at radius 3 is 2.32 bits per heavy atom. The quantitative estimate of drug-likeness (QED) is 0.790. The summed E-state index contributed by atoms with van der Waals surface area (Å²) >= 11 is 0. The molecule has 0 unspecified atom stereocenters. The van der Waals surface area contributed by atoms with Crippen molar-refractivity contribution in [3.63, 3.8) is 0 Å². The Bertz CT molecular complexity index is 923. The zero-order valence-corrected chi connectivity index (χ0v) is 15.3. The number of rotatable bonds is 4. The summed E-state index contributed by atoms with van der Waals surface area (Å²) in [5.41, 5.74) is -0.648. The molecule has 0 radical (unpaired) electrons. The van der Waals surface area contributed by atoms with Gasteiger partial charge in [-0.2, -0.15) is 0 Å². The molecule has 0 saturated carbocycles. The summed E-state index contributed by atoms with van der Waals surface area (Å²) in [6.07, 6.45) is 0.313. The lowest BCUT2D eigenvalue weighted by molar-refractivity contribution is -0.0588. The highest BCUT2D eigenvalue weighted by atomic mass is 16.7. The third-order valence-electron chi connectivity index (χ3n) is 3.47. The summed E-state index contributed by atoms with van der Waals surface area (Å²) < 4.78 is 10.1. The standard InChI is InChI=1S/C18H17N3O7/c1-18(2,3)27-17(25)19-8-13-20-12(9-26-13)16(24)28-21-14(22)10-6-4-5-7-11(10)15(21)23/h4-7,9H,8H2,1-3H3,(H,19,25). The molecule has 2 heterocycles. The van der Waals surface area contributed by atoms with Gasteiger partial charge >= 0.3 is 12.1 Å². The van der Waals surface area contributed by atoms with Crippen LogP contribution in [-0.4, -0.2) is 39.5 Å². The van der Waals surface area contributed by atoms with Gasteiger partial charge < -0.3 is 19.3 Å². The third kappa shape index (κ3) is 4.00. The Morgan fingerprint density at radius 2 is 1.75 bits per heavy atom. The van der Waals surface area contributed by atoms with Gasteiger partial charge in [0.2, 0.25) is 5.89 Å². The zero-order valence-electron chi connectivity index (χ0n) is 15.3. The van der Waals surface area contributed by atoms with Crippen molar-refractivity contribution in [1.82, 2.24) is 15.4 Å². The summed E-state index contributed by atoms with van der Waals surface area (Å²) in [5, 5.41) is 2.79. The first-order valence-corrected chi connectivity index (χ1v) is 8.27. The average molecular weight is 387 g/mol. The molecule has 10 nitrogen and oxygen atoms in total. The van der Waals surface area contributed by atoms with Gasteiger partial charge in [0.1, 0.15) is 11.9 Å². The number of carbonyl (C=O) groups excluding carboxylic acids is 4. The number of carbonyl (C=O) groups is 4. The molecule has 3 rings (SSSR count). The maximum Gasteiger partial charge on any atom is 0.408 e. The number of oxazole rings is 1. The Balaban J connectivity index is 1.60. The van der Waals surface area contributed by atoms with Gasteiger partial charge in [-0.1, -0.05) is 17.2 Å². The number of fused-ring (bicyclic) bond motifs is 1. The van der Waals surface area contributed by atoms with Crippen LogP contribution in [0, 0.1) is 0 Å². The fraction of sp³-hybridized carbons (Fsp3) is 0.278. The number of ether oxygens (including phenoxy) is 1. The minimum Gasteiger partial charge on any atom is -0.446 e. The number of hydrogen-bond acceptors (Lipinski definition) is 8. The van der Waals surface area contributed by atoms with Gasteiger partial charge in [0.05, 0.1) is 17.7 Å². The average Bonchev–Trinajstić information content (AvgIpc) is 3.18. The number of amides is 3. The van der Waals surface area contributed by atoms with Crippen LogP contribution in [0.15, 0.2) is 34.9 Å². The largest absolute Gasteiger partial charge is 0.446 e. The van der Waals surface area contributed by atoms with Crippen LogP contribution in [0.25, 0.3) is 0 Å². The van der Waals surface area contributed by atoms with Crippen LogP contribution in [-0.2, 0) is 16.1 Å². The predicted molar refractivity (Wildman–Crippen MR) is 91.9 cm³/mol. The predicted octanol–water partition coefficient (Wildman–Crippen LogP) is 2.07. The molecule has 3 amide bonds. The SMILES string of the molecule is CC(C)(C)OC(=O)NCc1nc(C(=O)ON2C(=O)c3ccccc3C2=O)co1. The van der Waals surface area contributed by atoms with Crippen molar-refractivity contribution in [1.29, 1.82) is 0 Å². The van der Waals surface area contributed by atoms with Gasteiger partial charge in [-0.05, 0) is 32.9 Å². The van der Waals surface area contributed by atoms with E-state index in [1.807, 2.05) is 0 Å². The molecule has 0 bridgehead atoms. The van der Waals surface area contributed by atoms with Gasteiger partial charge in [0, 0.05) is 0 Å². The van der Waals surface area contributed by atoms with E-state index in [0.29, 0.717) is 5.06 Å². The minimum absolute atomic E-state index is 0.0140. The van der Waals surface area contributed by atoms with E-state index in [1.54, 1.807) is 32.9 Å². The van der Waals surface area contributed by atoms with Crippen LogP contribution in [0.1, 0.15) is 57.9 Å². The van der Waals surface area contributed by atoms with Gasteiger partial charge in [-0.15, -0.1) is 0 Å². The first-order chi connectivity index (χ1) is 13.2. The van der Waals surface area contributed by atoms with Crippen molar-refractivity contribution >= 4 is 23.9 Å². The number of nitrogens with zero attached hydrogens (tertiary/aromatic N) is 2. The van der Waals surface area contributed by atoms with Crippen molar-refractivity contribution in [2.24, 2.45) is 0 Å². The molecule has 1 N–H and O–H groups in total. The molecule has 1 aromatic heterocycles. The molecule has 146 valence electrons. The number of aromatic nitrogens is 1. The highest BCUT2D eigenvalue weighted by Gasteiger charge is 2.39. The Labute approximate surface area is 159 Å². The van der Waals surface area contributed by atoms with E-state index in [4.69, 9.17) is 14.0 Å². The fourth-order valence-corrected chi connectivity index (χ4v) is 2.33. The number of hydroxylamine groups is 2. The smallest absolute Gasteiger partial charge is 0.408 e. The van der Waals surface area contributed by atoms with E-state index in [2.05, 4.69) is 10.3 Å². The summed E-state index contributed by atoms with van der Waals surface area (Å²) in [7, 11) is 0. The van der Waals surface area contributed by atoms with Crippen molar-refractivity contribution in [3.8, 4) is 0 Å². The van der Waals surface area contributed by atoms with Gasteiger partial charge in [-0.25, -0.2) is 14.6 Å². The number of alkyl carbamates (subject to hydrolysis) is 1. The zero-order chi connectivity index (χ0) is 20.5. The molecular weight excluding hydrogens is 370 g/mol. The Hall–Kier alpha value is -3.69. The fourth-order valence-electron chi connectivity index (χ4n) is 2.33. The first kappa shape index (κ1) is 19.1. The topological polar surface area (TPSA) is 128 Å². The lowest BCUT2D eigenvalue weighted by Gasteiger charge is -2.19. The second-order valence-electron chi connectivity index (χ2n) is 6.81. The molecule has 28 heavy (non-hydrogen) atoms. The molecule has 0 spiro atoms. The van der Waals surface area contributed by atoms with Crippen molar-refractivity contribution in [2.75, 3.05) is 0 Å². The number of benzene rings is 1. The van der Waals surface area contributed by atoms with E-state index in [9.17, 15) is 19.2 Å². The number of imide groups is 1. The van der Waals surface area contributed by atoms with Crippen LogP contribution in [0.2, 0.25) is 0 Å². The monoisotopic (exact) mass is 387 g/mol. The van der Waals surface area contributed by atoms with E-state index in [0.717, 1.165) is 6.26 Å².